The van der Waals surface area contributed by atoms with E-state index in [1.54, 1.807) is 0 Å². The number of nitrogens with zero attached hydrogens (tertiary/aromatic N) is 2. The lowest BCUT2D eigenvalue weighted by atomic mass is 10.1. The van der Waals surface area contributed by atoms with Crippen molar-refractivity contribution in [2.75, 3.05) is 0 Å². The molecule has 3 nitrogen and oxygen atoms in total. The Balaban J connectivity index is 1.97. The highest BCUT2D eigenvalue weighted by atomic mass is 79.9. The molecule has 0 unspecified atom stereocenters. The highest BCUT2D eigenvalue weighted by molar-refractivity contribution is 9.10. The molecule has 3 rings (SSSR count). The van der Waals surface area contributed by atoms with Gasteiger partial charge in [-0.1, -0.05) is 15.9 Å². The number of hydrogen-bond acceptors (Lipinski definition) is 3. The first-order valence-electron chi connectivity index (χ1n) is 5.34. The van der Waals surface area contributed by atoms with Gasteiger partial charge in [0, 0.05) is 16.0 Å². The summed E-state index contributed by atoms with van der Waals surface area (Å²) in [6.07, 6.45) is 2.36. The topological polar surface area (TPSA) is 38.9 Å². The van der Waals surface area contributed by atoms with E-state index in [0.717, 1.165) is 15.9 Å². The molecule has 2 aromatic rings. The van der Waals surface area contributed by atoms with Crippen LogP contribution in [0.2, 0.25) is 0 Å². The molecule has 0 bridgehead atoms. The number of halogens is 1. The Morgan fingerprint density at radius 1 is 1.31 bits per heavy atom. The first-order valence-corrected chi connectivity index (χ1v) is 6.13. The Kier molecular flexibility index (Phi) is 2.32. The monoisotopic (exact) mass is 278 g/mol. The minimum absolute atomic E-state index is 0.512. The van der Waals surface area contributed by atoms with Crippen LogP contribution in [0.15, 0.2) is 27.1 Å². The maximum Gasteiger partial charge on any atom is 0.247 e. The van der Waals surface area contributed by atoms with Gasteiger partial charge in [0.05, 0.1) is 0 Å². The van der Waals surface area contributed by atoms with Gasteiger partial charge in [-0.05, 0) is 43.5 Å². The molecular formula is C12H11BrN2O. The molecule has 1 aliphatic rings. The van der Waals surface area contributed by atoms with Crippen molar-refractivity contribution < 1.29 is 4.42 Å². The molecule has 0 saturated heterocycles. The van der Waals surface area contributed by atoms with Crippen LogP contribution in [-0.2, 0) is 0 Å². The van der Waals surface area contributed by atoms with Gasteiger partial charge in [0.25, 0.3) is 0 Å². The third-order valence-electron chi connectivity index (χ3n) is 2.77. The summed E-state index contributed by atoms with van der Waals surface area (Å²) in [4.78, 5) is 0. The predicted molar refractivity (Wildman–Crippen MR) is 64.1 cm³/mol. The van der Waals surface area contributed by atoms with Gasteiger partial charge in [0.15, 0.2) is 0 Å². The molecule has 82 valence electrons. The Morgan fingerprint density at radius 2 is 2.12 bits per heavy atom. The summed E-state index contributed by atoms with van der Waals surface area (Å²) in [5.41, 5.74) is 2.16. The molecular weight excluding hydrogens is 268 g/mol. The van der Waals surface area contributed by atoms with Crippen molar-refractivity contribution in [1.82, 2.24) is 10.2 Å². The van der Waals surface area contributed by atoms with Gasteiger partial charge in [-0.15, -0.1) is 10.2 Å². The van der Waals surface area contributed by atoms with Crippen molar-refractivity contribution in [2.45, 2.75) is 25.7 Å². The van der Waals surface area contributed by atoms with Crippen molar-refractivity contribution in [1.29, 1.82) is 0 Å². The van der Waals surface area contributed by atoms with Crippen molar-refractivity contribution in [3.8, 4) is 11.5 Å². The lowest BCUT2D eigenvalue weighted by Gasteiger charge is -1.99. The van der Waals surface area contributed by atoms with Crippen molar-refractivity contribution in [3.05, 3.63) is 34.1 Å². The predicted octanol–water partition coefficient (Wildman–Crippen LogP) is 3.68. The summed E-state index contributed by atoms with van der Waals surface area (Å²) in [7, 11) is 0. The molecule has 0 amide bonds. The van der Waals surface area contributed by atoms with Gasteiger partial charge in [-0.2, -0.15) is 0 Å². The lowest BCUT2D eigenvalue weighted by molar-refractivity contribution is 0.508. The number of hydrogen-bond donors (Lipinski definition) is 0. The van der Waals surface area contributed by atoms with Crippen molar-refractivity contribution >= 4 is 15.9 Å². The normalized spacial score (nSPS) is 15.4. The van der Waals surface area contributed by atoms with E-state index in [1.165, 1.54) is 18.4 Å². The van der Waals surface area contributed by atoms with Crippen LogP contribution in [0.4, 0.5) is 0 Å². The number of aryl methyl sites for hydroxylation is 1. The summed E-state index contributed by atoms with van der Waals surface area (Å²) in [6.45, 7) is 2.05. The first-order chi connectivity index (χ1) is 7.74. The molecule has 1 aromatic carbocycles. The van der Waals surface area contributed by atoms with E-state index in [4.69, 9.17) is 4.42 Å². The van der Waals surface area contributed by atoms with Gasteiger partial charge in [0.2, 0.25) is 11.8 Å². The van der Waals surface area contributed by atoms with E-state index in [0.29, 0.717) is 11.8 Å². The van der Waals surface area contributed by atoms with Gasteiger partial charge in [0.1, 0.15) is 0 Å². The third-order valence-corrected chi connectivity index (χ3v) is 3.66. The van der Waals surface area contributed by atoms with Crippen LogP contribution >= 0.6 is 15.9 Å². The molecule has 0 spiro atoms. The number of aromatic nitrogens is 2. The fourth-order valence-electron chi connectivity index (χ4n) is 1.62. The average Bonchev–Trinajstić information content (AvgIpc) is 3.01. The molecule has 1 saturated carbocycles. The maximum atomic E-state index is 5.65. The van der Waals surface area contributed by atoms with Gasteiger partial charge < -0.3 is 4.42 Å². The van der Waals surface area contributed by atoms with Gasteiger partial charge in [-0.25, -0.2) is 0 Å². The second kappa shape index (κ2) is 3.70. The molecule has 1 heterocycles. The minimum Gasteiger partial charge on any atom is -0.420 e. The molecule has 0 N–H and O–H groups in total. The maximum absolute atomic E-state index is 5.65. The Hall–Kier alpha value is -1.16. The summed E-state index contributed by atoms with van der Waals surface area (Å²) < 4.78 is 6.75. The molecule has 1 fully saturated rings. The minimum atomic E-state index is 0.512. The van der Waals surface area contributed by atoms with Crippen LogP contribution in [0.1, 0.15) is 30.2 Å². The van der Waals surface area contributed by atoms with Crippen molar-refractivity contribution in [2.24, 2.45) is 0 Å². The molecule has 1 aromatic heterocycles. The molecule has 0 atom stereocenters. The van der Waals surface area contributed by atoms with Crippen LogP contribution < -0.4 is 0 Å². The van der Waals surface area contributed by atoms with Crippen molar-refractivity contribution in [3.63, 3.8) is 0 Å². The Morgan fingerprint density at radius 3 is 2.81 bits per heavy atom. The average molecular weight is 279 g/mol. The summed E-state index contributed by atoms with van der Waals surface area (Å²) >= 11 is 3.47. The second-order valence-electron chi connectivity index (χ2n) is 4.18. The van der Waals surface area contributed by atoms with Crippen LogP contribution in [-0.4, -0.2) is 10.2 Å². The molecule has 16 heavy (non-hydrogen) atoms. The fraction of sp³-hybridized carbons (Fsp3) is 0.333. The standard InChI is InChI=1S/C12H11BrN2O/c1-7-6-9(4-5-10(7)13)12-15-14-11(16-12)8-2-3-8/h4-6,8H,2-3H2,1H3. The molecule has 4 heteroatoms. The molecule has 0 aliphatic heterocycles. The van der Waals surface area contributed by atoms with Crippen LogP contribution in [0, 0.1) is 6.92 Å². The van der Waals surface area contributed by atoms with Crippen LogP contribution in [0.5, 0.6) is 0 Å². The van der Waals surface area contributed by atoms with Crippen LogP contribution in [0.3, 0.4) is 0 Å². The Labute approximate surface area is 102 Å². The fourth-order valence-corrected chi connectivity index (χ4v) is 1.87. The first kappa shape index (κ1) is 10.0. The smallest absolute Gasteiger partial charge is 0.247 e. The SMILES string of the molecule is Cc1cc(-c2nnc(C3CC3)o2)ccc1Br. The van der Waals surface area contributed by atoms with E-state index in [1.807, 2.05) is 25.1 Å². The summed E-state index contributed by atoms with van der Waals surface area (Å²) in [6, 6.07) is 6.04. The van der Waals surface area contributed by atoms with Crippen LogP contribution in [0.25, 0.3) is 11.5 Å². The quantitative estimate of drug-likeness (QED) is 0.841. The largest absolute Gasteiger partial charge is 0.420 e. The highest BCUT2D eigenvalue weighted by Crippen LogP contribution is 2.40. The van der Waals surface area contributed by atoms with E-state index in [2.05, 4.69) is 26.1 Å². The second-order valence-corrected chi connectivity index (χ2v) is 5.04. The number of rotatable bonds is 2. The summed E-state index contributed by atoms with van der Waals surface area (Å²) in [5, 5.41) is 8.16. The molecule has 1 aliphatic carbocycles. The van der Waals surface area contributed by atoms with E-state index in [-0.39, 0.29) is 0 Å². The zero-order valence-corrected chi connectivity index (χ0v) is 10.5. The summed E-state index contributed by atoms with van der Waals surface area (Å²) in [5.74, 6) is 1.92. The van der Waals surface area contributed by atoms with E-state index in [9.17, 15) is 0 Å². The Bertz CT molecular complexity index is 532. The van der Waals surface area contributed by atoms with E-state index < -0.39 is 0 Å². The molecule has 0 radical (unpaired) electrons. The number of benzene rings is 1. The lowest BCUT2D eigenvalue weighted by Crippen LogP contribution is -1.81. The van der Waals surface area contributed by atoms with Gasteiger partial charge in [-0.3, -0.25) is 0 Å². The third kappa shape index (κ3) is 1.78. The zero-order chi connectivity index (χ0) is 11.1. The van der Waals surface area contributed by atoms with E-state index >= 15 is 0 Å². The highest BCUT2D eigenvalue weighted by Gasteiger charge is 2.29. The van der Waals surface area contributed by atoms with Gasteiger partial charge >= 0.3 is 0 Å². The zero-order valence-electron chi connectivity index (χ0n) is 8.90.